The molecule has 8 heteroatoms. The molecule has 1 saturated heterocycles. The maximum absolute atomic E-state index is 12.5. The summed E-state index contributed by atoms with van der Waals surface area (Å²) in [4.78, 5) is 37.4. The van der Waals surface area contributed by atoms with Crippen molar-refractivity contribution in [3.63, 3.8) is 0 Å². The number of carbonyl (C=O) groups is 3. The van der Waals surface area contributed by atoms with E-state index in [0.717, 1.165) is 12.8 Å². The molecule has 1 aliphatic rings. The number of urea groups is 1. The van der Waals surface area contributed by atoms with Crippen LogP contribution in [-0.2, 0) is 14.3 Å². The van der Waals surface area contributed by atoms with E-state index in [1.165, 1.54) is 9.80 Å². The third kappa shape index (κ3) is 5.58. The van der Waals surface area contributed by atoms with E-state index in [1.54, 1.807) is 0 Å². The minimum Gasteiger partial charge on any atom is -0.481 e. The van der Waals surface area contributed by atoms with Crippen molar-refractivity contribution >= 4 is 17.9 Å². The highest BCUT2D eigenvalue weighted by molar-refractivity contribution is 5.83. The standard InChI is InChI=1S/C13H23N3O5/c1-2-3-4-15(8-11(14)17)13(20)16-5-6-21-9-10(16)7-12(18)19/h10H,2-9H2,1H3,(H2,14,17)(H,18,19). The van der Waals surface area contributed by atoms with E-state index in [1.807, 2.05) is 6.92 Å². The monoisotopic (exact) mass is 301 g/mol. The van der Waals surface area contributed by atoms with Crippen molar-refractivity contribution in [2.24, 2.45) is 5.73 Å². The van der Waals surface area contributed by atoms with Crippen molar-refractivity contribution in [1.29, 1.82) is 0 Å². The highest BCUT2D eigenvalue weighted by Gasteiger charge is 2.32. The molecule has 0 aliphatic carbocycles. The van der Waals surface area contributed by atoms with E-state index in [2.05, 4.69) is 0 Å². The first-order valence-corrected chi connectivity index (χ1v) is 7.09. The first-order valence-electron chi connectivity index (χ1n) is 7.09. The lowest BCUT2D eigenvalue weighted by Gasteiger charge is -2.38. The number of hydrogen-bond acceptors (Lipinski definition) is 4. The molecular weight excluding hydrogens is 278 g/mol. The first kappa shape index (κ1) is 17.2. The topological polar surface area (TPSA) is 113 Å². The molecule has 21 heavy (non-hydrogen) atoms. The van der Waals surface area contributed by atoms with Gasteiger partial charge in [-0.2, -0.15) is 0 Å². The predicted octanol–water partition coefficient (Wildman–Crippen LogP) is -0.131. The summed E-state index contributed by atoms with van der Waals surface area (Å²) in [6.45, 7) is 3.12. The van der Waals surface area contributed by atoms with Crippen LogP contribution in [0.4, 0.5) is 4.79 Å². The Hall–Kier alpha value is -1.83. The van der Waals surface area contributed by atoms with Crippen molar-refractivity contribution in [3.8, 4) is 0 Å². The average Bonchev–Trinajstić information content (AvgIpc) is 2.42. The third-order valence-electron chi connectivity index (χ3n) is 3.28. The van der Waals surface area contributed by atoms with Gasteiger partial charge in [0.1, 0.15) is 6.54 Å². The molecule has 0 aromatic rings. The molecule has 0 bridgehead atoms. The van der Waals surface area contributed by atoms with Gasteiger partial charge in [-0.3, -0.25) is 9.59 Å². The van der Waals surface area contributed by atoms with Crippen LogP contribution in [0, 0.1) is 0 Å². The Morgan fingerprint density at radius 1 is 1.43 bits per heavy atom. The van der Waals surface area contributed by atoms with Crippen molar-refractivity contribution in [1.82, 2.24) is 9.80 Å². The summed E-state index contributed by atoms with van der Waals surface area (Å²) < 4.78 is 5.24. The lowest BCUT2D eigenvalue weighted by Crippen LogP contribution is -2.55. The molecule has 1 rings (SSSR count). The number of rotatable bonds is 7. The highest BCUT2D eigenvalue weighted by atomic mass is 16.5. The van der Waals surface area contributed by atoms with Gasteiger partial charge in [0.05, 0.1) is 25.7 Å². The number of aliphatic carboxylic acids is 1. The van der Waals surface area contributed by atoms with Gasteiger partial charge in [0.2, 0.25) is 5.91 Å². The van der Waals surface area contributed by atoms with Crippen molar-refractivity contribution < 1.29 is 24.2 Å². The molecule has 0 saturated carbocycles. The lowest BCUT2D eigenvalue weighted by molar-refractivity contribution is -0.139. The predicted molar refractivity (Wildman–Crippen MR) is 74.6 cm³/mol. The Morgan fingerprint density at radius 2 is 2.14 bits per heavy atom. The summed E-state index contributed by atoms with van der Waals surface area (Å²) >= 11 is 0. The number of amides is 3. The van der Waals surface area contributed by atoms with Crippen LogP contribution in [0.25, 0.3) is 0 Å². The fourth-order valence-corrected chi connectivity index (χ4v) is 2.24. The minimum atomic E-state index is -0.988. The number of primary amides is 1. The lowest BCUT2D eigenvalue weighted by atomic mass is 10.1. The maximum atomic E-state index is 12.5. The second-order valence-corrected chi connectivity index (χ2v) is 5.04. The number of nitrogens with two attached hydrogens (primary N) is 1. The molecule has 1 atom stereocenters. The third-order valence-corrected chi connectivity index (χ3v) is 3.28. The van der Waals surface area contributed by atoms with Crippen molar-refractivity contribution in [3.05, 3.63) is 0 Å². The molecule has 1 fully saturated rings. The van der Waals surface area contributed by atoms with Crippen LogP contribution in [0.5, 0.6) is 0 Å². The van der Waals surface area contributed by atoms with Gasteiger partial charge in [-0.05, 0) is 6.42 Å². The molecule has 8 nitrogen and oxygen atoms in total. The number of nitrogens with zero attached hydrogens (tertiary/aromatic N) is 2. The molecule has 0 aromatic heterocycles. The molecule has 1 unspecified atom stereocenters. The van der Waals surface area contributed by atoms with Crippen molar-refractivity contribution in [2.45, 2.75) is 32.2 Å². The Bertz CT molecular complexity index is 388. The zero-order valence-corrected chi connectivity index (χ0v) is 12.3. The van der Waals surface area contributed by atoms with Gasteiger partial charge in [-0.25, -0.2) is 4.79 Å². The van der Waals surface area contributed by atoms with Gasteiger partial charge in [-0.1, -0.05) is 13.3 Å². The molecule has 0 radical (unpaired) electrons. The number of carbonyl (C=O) groups excluding carboxylic acids is 2. The molecule has 1 heterocycles. The SMILES string of the molecule is CCCCN(CC(N)=O)C(=O)N1CCOCC1CC(=O)O. The van der Waals surface area contributed by atoms with Gasteiger partial charge in [0, 0.05) is 13.1 Å². The number of unbranched alkanes of at least 4 members (excludes halogenated alkanes) is 1. The second-order valence-electron chi connectivity index (χ2n) is 5.04. The zero-order valence-electron chi connectivity index (χ0n) is 12.3. The number of ether oxygens (including phenoxy) is 1. The van der Waals surface area contributed by atoms with Crippen LogP contribution in [0.3, 0.4) is 0 Å². The highest BCUT2D eigenvalue weighted by Crippen LogP contribution is 2.14. The van der Waals surface area contributed by atoms with Crippen LogP contribution in [0.1, 0.15) is 26.2 Å². The normalized spacial score (nSPS) is 18.3. The molecular formula is C13H23N3O5. The van der Waals surface area contributed by atoms with Gasteiger partial charge in [0.15, 0.2) is 0 Å². The van der Waals surface area contributed by atoms with Crippen LogP contribution in [0.2, 0.25) is 0 Å². The molecule has 120 valence electrons. The van der Waals surface area contributed by atoms with E-state index >= 15 is 0 Å². The smallest absolute Gasteiger partial charge is 0.320 e. The van der Waals surface area contributed by atoms with Crippen LogP contribution in [0.15, 0.2) is 0 Å². The molecule has 1 aliphatic heterocycles. The average molecular weight is 301 g/mol. The van der Waals surface area contributed by atoms with Gasteiger partial charge in [0.25, 0.3) is 0 Å². The summed E-state index contributed by atoms with van der Waals surface area (Å²) in [5, 5.41) is 8.91. The van der Waals surface area contributed by atoms with Gasteiger partial charge < -0.3 is 25.4 Å². The van der Waals surface area contributed by atoms with E-state index < -0.39 is 17.9 Å². The van der Waals surface area contributed by atoms with Crippen LogP contribution < -0.4 is 5.73 Å². The summed E-state index contributed by atoms with van der Waals surface area (Å²) in [6.07, 6.45) is 1.46. The maximum Gasteiger partial charge on any atom is 0.320 e. The van der Waals surface area contributed by atoms with E-state index in [9.17, 15) is 14.4 Å². The zero-order chi connectivity index (χ0) is 15.8. The van der Waals surface area contributed by atoms with Crippen LogP contribution >= 0.6 is 0 Å². The fourth-order valence-electron chi connectivity index (χ4n) is 2.24. The van der Waals surface area contributed by atoms with Gasteiger partial charge in [-0.15, -0.1) is 0 Å². The molecule has 0 aromatic carbocycles. The Morgan fingerprint density at radius 3 is 2.71 bits per heavy atom. The number of carboxylic acid groups (broad SMARTS) is 1. The summed E-state index contributed by atoms with van der Waals surface area (Å²) in [6, 6.07) is -0.863. The number of morpholine rings is 1. The Kier molecular flexibility index (Phi) is 6.93. The van der Waals surface area contributed by atoms with E-state index in [0.29, 0.717) is 19.7 Å². The Balaban J connectivity index is 2.77. The number of carboxylic acids is 1. The molecule has 0 spiro atoms. The second kappa shape index (κ2) is 8.46. The Labute approximate surface area is 123 Å². The summed E-state index contributed by atoms with van der Waals surface area (Å²) in [7, 11) is 0. The summed E-state index contributed by atoms with van der Waals surface area (Å²) in [5.74, 6) is -1.57. The fraction of sp³-hybridized carbons (Fsp3) is 0.769. The minimum absolute atomic E-state index is 0.157. The van der Waals surface area contributed by atoms with E-state index in [-0.39, 0.29) is 25.6 Å². The van der Waals surface area contributed by atoms with E-state index in [4.69, 9.17) is 15.6 Å². The van der Waals surface area contributed by atoms with Gasteiger partial charge >= 0.3 is 12.0 Å². The summed E-state index contributed by atoms with van der Waals surface area (Å²) in [5.41, 5.74) is 5.18. The number of hydrogen-bond donors (Lipinski definition) is 2. The largest absolute Gasteiger partial charge is 0.481 e. The first-order chi connectivity index (χ1) is 9.95. The van der Waals surface area contributed by atoms with Crippen molar-refractivity contribution in [2.75, 3.05) is 32.8 Å². The quantitative estimate of drug-likeness (QED) is 0.680. The van der Waals surface area contributed by atoms with Crippen LogP contribution in [-0.4, -0.2) is 71.7 Å². The molecule has 3 amide bonds. The molecule has 3 N–H and O–H groups in total.